The summed E-state index contributed by atoms with van der Waals surface area (Å²) in [5.41, 5.74) is 0. The minimum Gasteiger partial charge on any atom is -0.387 e. The summed E-state index contributed by atoms with van der Waals surface area (Å²) in [6, 6.07) is -1.11. The molecule has 0 aromatic carbocycles. The number of amides is 1. The van der Waals surface area contributed by atoms with Gasteiger partial charge in [0.25, 0.3) is 0 Å². The molecule has 12 nitrogen and oxygen atoms in total. The number of unbranched alkanes of at least 4 members (excludes halogenated alkanes) is 39. The van der Waals surface area contributed by atoms with Crippen LogP contribution in [-0.2, 0) is 18.4 Å². The molecule has 9 atom stereocenters. The molecule has 0 saturated heterocycles. The Morgan fingerprint density at radius 3 is 1.10 bits per heavy atom. The molecule has 1 aliphatic carbocycles. The third kappa shape index (κ3) is 36.6. The lowest BCUT2D eigenvalue weighted by Gasteiger charge is -2.41. The number of aliphatic hydroxyl groups excluding tert-OH is 6. The number of aliphatic hydroxyl groups is 6. The highest BCUT2D eigenvalue weighted by molar-refractivity contribution is 7.47. The first-order valence-corrected chi connectivity index (χ1v) is 30.6. The highest BCUT2D eigenvalue weighted by Gasteiger charge is 2.51. The van der Waals surface area contributed by atoms with E-state index < -0.39 is 63.2 Å². The van der Waals surface area contributed by atoms with Gasteiger partial charge in [0.2, 0.25) is 5.91 Å². The molecule has 0 heterocycles. The Morgan fingerprint density at radius 2 is 0.768 bits per heavy atom. The number of hydrogen-bond donors (Lipinski definition) is 8. The van der Waals surface area contributed by atoms with Gasteiger partial charge in [0.05, 0.1) is 18.8 Å². The fourth-order valence-electron chi connectivity index (χ4n) is 9.61. The van der Waals surface area contributed by atoms with Crippen molar-refractivity contribution in [2.24, 2.45) is 0 Å². The van der Waals surface area contributed by atoms with Gasteiger partial charge in [-0.05, 0) is 19.3 Å². The molecule has 0 aromatic rings. The van der Waals surface area contributed by atoms with Gasteiger partial charge in [-0.1, -0.05) is 270 Å². The van der Waals surface area contributed by atoms with Crippen molar-refractivity contribution in [3.8, 4) is 0 Å². The molecule has 1 amide bonds. The van der Waals surface area contributed by atoms with Crippen LogP contribution in [0.5, 0.6) is 0 Å². The molecular formula is C56H110NO11P. The highest BCUT2D eigenvalue weighted by Crippen LogP contribution is 2.47. The summed E-state index contributed by atoms with van der Waals surface area (Å²) in [5, 5.41) is 64.1. The summed E-state index contributed by atoms with van der Waals surface area (Å²) in [6.45, 7) is 3.86. The fourth-order valence-corrected chi connectivity index (χ4v) is 10.6. The van der Waals surface area contributed by atoms with E-state index in [0.717, 1.165) is 44.9 Å². The van der Waals surface area contributed by atoms with Crippen molar-refractivity contribution < 1.29 is 53.9 Å². The maximum atomic E-state index is 13.0. The second kappa shape index (κ2) is 45.7. The molecule has 1 saturated carbocycles. The van der Waals surface area contributed by atoms with E-state index in [4.69, 9.17) is 9.05 Å². The fraction of sp³-hybridized carbons (Fsp3) is 0.946. The van der Waals surface area contributed by atoms with Gasteiger partial charge in [0, 0.05) is 6.42 Å². The van der Waals surface area contributed by atoms with Crippen LogP contribution in [0.1, 0.15) is 284 Å². The lowest BCUT2D eigenvalue weighted by atomic mass is 9.85. The standard InChI is InChI=1S/C56H110NO11P/c1-3-5-7-9-11-13-15-16-17-18-19-20-21-22-23-24-25-26-27-28-29-30-31-32-33-34-36-38-40-42-44-46-50(59)57-48(49(58)45-43-41-39-37-35-14-12-10-8-6-4-2)47-67-69(65,66)68-56-54(63)52(61)51(60)53(62)55(56)64/h43,45,48-49,51-56,58,60-64H,3-42,44,46-47H2,1-2H3,(H,57,59)(H,65,66)/b45-43+/t48-,49+,51?,52+,53?,54?,55?,56?/m0/s1. The van der Waals surface area contributed by atoms with Crippen LogP contribution in [0.3, 0.4) is 0 Å². The smallest absolute Gasteiger partial charge is 0.387 e. The van der Waals surface area contributed by atoms with Gasteiger partial charge < -0.3 is 40.8 Å². The Morgan fingerprint density at radius 1 is 0.478 bits per heavy atom. The molecule has 6 unspecified atom stereocenters. The molecule has 0 bridgehead atoms. The topological polar surface area (TPSA) is 206 Å². The summed E-state index contributed by atoms with van der Waals surface area (Å²) >= 11 is 0. The van der Waals surface area contributed by atoms with Gasteiger partial charge in [-0.15, -0.1) is 0 Å². The number of phosphoric acid groups is 1. The van der Waals surface area contributed by atoms with Crippen LogP contribution in [0.4, 0.5) is 0 Å². The van der Waals surface area contributed by atoms with E-state index in [-0.39, 0.29) is 12.3 Å². The zero-order valence-corrected chi connectivity index (χ0v) is 45.3. The lowest BCUT2D eigenvalue weighted by molar-refractivity contribution is -0.220. The number of allylic oxidation sites excluding steroid dienone is 1. The predicted octanol–water partition coefficient (Wildman–Crippen LogP) is 13.1. The van der Waals surface area contributed by atoms with Crippen LogP contribution in [0.2, 0.25) is 0 Å². The molecule has 1 aliphatic rings. The third-order valence-corrected chi connectivity index (χ3v) is 15.3. The molecule has 1 rings (SSSR count). The normalized spacial score (nSPS) is 21.5. The van der Waals surface area contributed by atoms with E-state index in [1.54, 1.807) is 0 Å². The third-order valence-electron chi connectivity index (χ3n) is 14.3. The summed E-state index contributed by atoms with van der Waals surface area (Å²) in [5.74, 6) is -0.336. The molecular weight excluding hydrogens is 894 g/mol. The number of phosphoric ester groups is 1. The molecule has 0 radical (unpaired) electrons. The van der Waals surface area contributed by atoms with Gasteiger partial charge in [0.1, 0.15) is 36.6 Å². The van der Waals surface area contributed by atoms with Crippen molar-refractivity contribution in [2.75, 3.05) is 6.61 Å². The second-order valence-electron chi connectivity index (χ2n) is 20.9. The minimum absolute atomic E-state index is 0.219. The first-order chi connectivity index (χ1) is 33.4. The number of carbonyl (C=O) groups is 1. The molecule has 0 aromatic heterocycles. The Kier molecular flexibility index (Phi) is 43.8. The zero-order valence-electron chi connectivity index (χ0n) is 44.4. The molecule has 410 valence electrons. The van der Waals surface area contributed by atoms with E-state index in [2.05, 4.69) is 19.2 Å². The monoisotopic (exact) mass is 1000 g/mol. The van der Waals surface area contributed by atoms with Gasteiger partial charge in [-0.2, -0.15) is 0 Å². The Balaban J connectivity index is 2.19. The van der Waals surface area contributed by atoms with Crippen LogP contribution in [0, 0.1) is 0 Å². The van der Waals surface area contributed by atoms with Crippen LogP contribution < -0.4 is 5.32 Å². The van der Waals surface area contributed by atoms with Crippen molar-refractivity contribution in [3.05, 3.63) is 12.2 Å². The Labute approximate surface area is 422 Å². The zero-order chi connectivity index (χ0) is 50.6. The van der Waals surface area contributed by atoms with Gasteiger partial charge >= 0.3 is 7.82 Å². The number of hydrogen-bond acceptors (Lipinski definition) is 10. The maximum absolute atomic E-state index is 13.0. The van der Waals surface area contributed by atoms with Crippen LogP contribution >= 0.6 is 7.82 Å². The van der Waals surface area contributed by atoms with Gasteiger partial charge in [0.15, 0.2) is 0 Å². The molecule has 1 fully saturated rings. The summed E-state index contributed by atoms with van der Waals surface area (Å²) in [7, 11) is -5.08. The molecule has 8 N–H and O–H groups in total. The summed E-state index contributed by atoms with van der Waals surface area (Å²) in [4.78, 5) is 23.5. The van der Waals surface area contributed by atoms with Crippen LogP contribution in [0.25, 0.3) is 0 Å². The van der Waals surface area contributed by atoms with Gasteiger partial charge in [-0.3, -0.25) is 13.8 Å². The van der Waals surface area contributed by atoms with E-state index in [0.29, 0.717) is 6.42 Å². The van der Waals surface area contributed by atoms with E-state index in [1.807, 2.05) is 6.08 Å². The number of rotatable bonds is 50. The Bertz CT molecular complexity index is 1210. The van der Waals surface area contributed by atoms with Crippen molar-refractivity contribution in [1.82, 2.24) is 5.32 Å². The van der Waals surface area contributed by atoms with Crippen LogP contribution in [0.15, 0.2) is 12.2 Å². The lowest BCUT2D eigenvalue weighted by Crippen LogP contribution is -2.64. The first kappa shape index (κ1) is 66.1. The second-order valence-corrected chi connectivity index (χ2v) is 22.3. The van der Waals surface area contributed by atoms with E-state index >= 15 is 0 Å². The first-order valence-electron chi connectivity index (χ1n) is 29.1. The highest BCUT2D eigenvalue weighted by atomic mass is 31.2. The van der Waals surface area contributed by atoms with Crippen molar-refractivity contribution in [2.45, 2.75) is 332 Å². The van der Waals surface area contributed by atoms with Crippen molar-refractivity contribution in [1.29, 1.82) is 0 Å². The average molecular weight is 1000 g/mol. The van der Waals surface area contributed by atoms with Crippen molar-refractivity contribution >= 4 is 13.7 Å². The number of carbonyl (C=O) groups excluding carboxylic acids is 1. The average Bonchev–Trinajstić information content (AvgIpc) is 3.33. The minimum atomic E-state index is -5.08. The molecule has 0 spiro atoms. The molecule has 69 heavy (non-hydrogen) atoms. The number of nitrogens with one attached hydrogen (secondary N) is 1. The van der Waals surface area contributed by atoms with Gasteiger partial charge in [-0.25, -0.2) is 4.57 Å². The molecule has 13 heteroatoms. The molecule has 0 aliphatic heterocycles. The quantitative estimate of drug-likeness (QED) is 0.0163. The predicted molar refractivity (Wildman–Crippen MR) is 283 cm³/mol. The largest absolute Gasteiger partial charge is 0.472 e. The van der Waals surface area contributed by atoms with Crippen LogP contribution in [-0.4, -0.2) is 96.8 Å². The SMILES string of the molecule is CCCCCCCCCCC/C=C/[C@@H](O)[C@H](COP(=O)(O)OC1C(O)C(O)C(O)[C@@H](O)C1O)NC(=O)CCCCCCCCCCCCCCCCCCCCCCCCCCCCCCCCC. The maximum Gasteiger partial charge on any atom is 0.472 e. The van der Waals surface area contributed by atoms with E-state index in [1.165, 1.54) is 218 Å². The summed E-state index contributed by atoms with van der Waals surface area (Å²) < 4.78 is 23.0. The van der Waals surface area contributed by atoms with E-state index in [9.17, 15) is 44.9 Å². The van der Waals surface area contributed by atoms with Crippen molar-refractivity contribution in [3.63, 3.8) is 0 Å². The summed E-state index contributed by atoms with van der Waals surface area (Å²) in [6.07, 6.45) is 43.3. The Hall–Kier alpha value is -0.920.